The van der Waals surface area contributed by atoms with Crippen LogP contribution in [0.1, 0.15) is 5.56 Å². The smallest absolute Gasteiger partial charge is 0.237 e. The van der Waals surface area contributed by atoms with Gasteiger partial charge in [-0.2, -0.15) is 0 Å². The van der Waals surface area contributed by atoms with Crippen molar-refractivity contribution in [2.45, 2.75) is 12.6 Å². The molecule has 1 heterocycles. The van der Waals surface area contributed by atoms with E-state index in [0.717, 1.165) is 5.56 Å². The molecule has 5 nitrogen and oxygen atoms in total. The molecular formula is C12H16ClN3O2. The van der Waals surface area contributed by atoms with Crippen LogP contribution in [-0.2, 0) is 16.1 Å². The van der Waals surface area contributed by atoms with E-state index in [4.69, 9.17) is 27.8 Å². The lowest BCUT2D eigenvalue weighted by Crippen LogP contribution is -2.51. The van der Waals surface area contributed by atoms with Gasteiger partial charge in [-0.15, -0.1) is 0 Å². The molecule has 98 valence electrons. The molecule has 1 fully saturated rings. The third-order valence-corrected chi connectivity index (χ3v) is 3.38. The zero-order chi connectivity index (χ0) is 13.1. The summed E-state index contributed by atoms with van der Waals surface area (Å²) in [5.41, 5.74) is 12.6. The molecule has 1 aliphatic rings. The SMILES string of the molecule is NC(=O)C1COCCN1Cc1cc(N)ccc1Cl. The van der Waals surface area contributed by atoms with Crippen LogP contribution in [0.3, 0.4) is 0 Å². The van der Waals surface area contributed by atoms with E-state index in [1.165, 1.54) is 0 Å². The maximum absolute atomic E-state index is 11.3. The summed E-state index contributed by atoms with van der Waals surface area (Å²) in [5.74, 6) is -0.380. The summed E-state index contributed by atoms with van der Waals surface area (Å²) in [6.07, 6.45) is 0. The molecule has 4 N–H and O–H groups in total. The van der Waals surface area contributed by atoms with E-state index >= 15 is 0 Å². The second-order valence-electron chi connectivity index (χ2n) is 4.31. The van der Waals surface area contributed by atoms with Gasteiger partial charge in [-0.05, 0) is 23.8 Å². The van der Waals surface area contributed by atoms with Gasteiger partial charge in [0.15, 0.2) is 0 Å². The predicted molar refractivity (Wildman–Crippen MR) is 70.1 cm³/mol. The Hall–Kier alpha value is -1.30. The van der Waals surface area contributed by atoms with E-state index in [1.54, 1.807) is 12.1 Å². The van der Waals surface area contributed by atoms with E-state index in [9.17, 15) is 4.79 Å². The zero-order valence-corrected chi connectivity index (χ0v) is 10.7. The fraction of sp³-hybridized carbons (Fsp3) is 0.417. The second kappa shape index (κ2) is 5.56. The van der Waals surface area contributed by atoms with Gasteiger partial charge in [-0.3, -0.25) is 9.69 Å². The van der Waals surface area contributed by atoms with Crippen LogP contribution >= 0.6 is 11.6 Å². The lowest BCUT2D eigenvalue weighted by molar-refractivity contribution is -0.129. The molecule has 1 aromatic carbocycles. The van der Waals surface area contributed by atoms with Crippen LogP contribution in [0.2, 0.25) is 5.02 Å². The van der Waals surface area contributed by atoms with Crippen molar-refractivity contribution in [3.05, 3.63) is 28.8 Å². The van der Waals surface area contributed by atoms with E-state index in [1.807, 2.05) is 11.0 Å². The lowest BCUT2D eigenvalue weighted by atomic mass is 10.1. The Kier molecular flexibility index (Phi) is 4.06. The van der Waals surface area contributed by atoms with Gasteiger partial charge in [0.1, 0.15) is 6.04 Å². The summed E-state index contributed by atoms with van der Waals surface area (Å²) < 4.78 is 5.27. The average Bonchev–Trinajstić information content (AvgIpc) is 2.34. The van der Waals surface area contributed by atoms with Gasteiger partial charge in [-0.1, -0.05) is 11.6 Å². The highest BCUT2D eigenvalue weighted by Crippen LogP contribution is 2.22. The quantitative estimate of drug-likeness (QED) is 0.788. The Morgan fingerprint density at radius 1 is 1.56 bits per heavy atom. The molecule has 0 saturated carbocycles. The molecule has 6 heteroatoms. The maximum Gasteiger partial charge on any atom is 0.237 e. The molecule has 0 aliphatic carbocycles. The van der Waals surface area contributed by atoms with E-state index in [-0.39, 0.29) is 5.91 Å². The van der Waals surface area contributed by atoms with Crippen LogP contribution < -0.4 is 11.5 Å². The number of anilines is 1. The highest BCUT2D eigenvalue weighted by atomic mass is 35.5. The Bertz CT molecular complexity index is 453. The number of hydrogen-bond acceptors (Lipinski definition) is 4. The third-order valence-electron chi connectivity index (χ3n) is 3.01. The van der Waals surface area contributed by atoms with Gasteiger partial charge < -0.3 is 16.2 Å². The highest BCUT2D eigenvalue weighted by molar-refractivity contribution is 6.31. The molecule has 1 atom stereocenters. The number of carbonyl (C=O) groups excluding carboxylic acids is 1. The van der Waals surface area contributed by atoms with Crippen molar-refractivity contribution >= 4 is 23.2 Å². The number of halogens is 1. The number of nitrogen functional groups attached to an aromatic ring is 1. The Morgan fingerprint density at radius 2 is 2.33 bits per heavy atom. The number of hydrogen-bond donors (Lipinski definition) is 2. The number of morpholine rings is 1. The maximum atomic E-state index is 11.3. The Morgan fingerprint density at radius 3 is 3.06 bits per heavy atom. The van der Waals surface area contributed by atoms with Crippen molar-refractivity contribution in [1.82, 2.24) is 4.90 Å². The fourth-order valence-electron chi connectivity index (χ4n) is 2.02. The Labute approximate surface area is 111 Å². The van der Waals surface area contributed by atoms with E-state index < -0.39 is 6.04 Å². The van der Waals surface area contributed by atoms with Gasteiger partial charge in [0.25, 0.3) is 0 Å². The van der Waals surface area contributed by atoms with Crippen molar-refractivity contribution in [1.29, 1.82) is 0 Å². The number of rotatable bonds is 3. The number of nitrogens with zero attached hydrogens (tertiary/aromatic N) is 1. The lowest BCUT2D eigenvalue weighted by Gasteiger charge is -2.33. The molecule has 1 amide bonds. The molecule has 2 rings (SSSR count). The third kappa shape index (κ3) is 2.93. The molecule has 0 spiro atoms. The number of ether oxygens (including phenoxy) is 1. The Balaban J connectivity index is 2.15. The normalized spacial score (nSPS) is 20.8. The zero-order valence-electron chi connectivity index (χ0n) is 9.93. The van der Waals surface area contributed by atoms with Crippen molar-refractivity contribution in [3.8, 4) is 0 Å². The van der Waals surface area contributed by atoms with Crippen LogP contribution in [0.25, 0.3) is 0 Å². The molecule has 0 bridgehead atoms. The highest BCUT2D eigenvalue weighted by Gasteiger charge is 2.27. The molecule has 1 unspecified atom stereocenters. The monoisotopic (exact) mass is 269 g/mol. The van der Waals surface area contributed by atoms with Crippen molar-refractivity contribution < 1.29 is 9.53 Å². The first-order valence-corrected chi connectivity index (χ1v) is 6.10. The van der Waals surface area contributed by atoms with Crippen molar-refractivity contribution in [2.24, 2.45) is 5.73 Å². The predicted octanol–water partition coefficient (Wildman–Crippen LogP) is 0.608. The summed E-state index contributed by atoms with van der Waals surface area (Å²) in [6, 6.07) is 4.91. The number of nitrogens with two attached hydrogens (primary N) is 2. The van der Waals surface area contributed by atoms with E-state index in [0.29, 0.717) is 37.0 Å². The van der Waals surface area contributed by atoms with Crippen LogP contribution in [0.5, 0.6) is 0 Å². The summed E-state index contributed by atoms with van der Waals surface area (Å²) in [5, 5.41) is 0.638. The van der Waals surface area contributed by atoms with Gasteiger partial charge >= 0.3 is 0 Å². The summed E-state index contributed by atoms with van der Waals surface area (Å²) in [7, 11) is 0. The standard InChI is InChI=1S/C12H16ClN3O2/c13-10-2-1-9(14)5-8(10)6-16-3-4-18-7-11(16)12(15)17/h1-2,5,11H,3-4,6-7,14H2,(H2,15,17). The van der Waals surface area contributed by atoms with E-state index in [2.05, 4.69) is 0 Å². The van der Waals surface area contributed by atoms with Crippen LogP contribution in [0, 0.1) is 0 Å². The summed E-state index contributed by atoms with van der Waals surface area (Å²) in [6.45, 7) is 2.11. The minimum absolute atomic E-state index is 0.329. The molecule has 0 radical (unpaired) electrons. The minimum Gasteiger partial charge on any atom is -0.399 e. The molecule has 0 aromatic heterocycles. The number of amides is 1. The first-order valence-electron chi connectivity index (χ1n) is 5.73. The van der Waals surface area contributed by atoms with Gasteiger partial charge in [0.2, 0.25) is 5.91 Å². The molecular weight excluding hydrogens is 254 g/mol. The summed E-state index contributed by atoms with van der Waals surface area (Å²) in [4.78, 5) is 13.3. The first-order chi connectivity index (χ1) is 8.58. The van der Waals surface area contributed by atoms with Crippen molar-refractivity contribution in [3.63, 3.8) is 0 Å². The number of benzene rings is 1. The van der Waals surface area contributed by atoms with Gasteiger partial charge in [0.05, 0.1) is 13.2 Å². The second-order valence-corrected chi connectivity index (χ2v) is 4.72. The number of carbonyl (C=O) groups is 1. The molecule has 1 aliphatic heterocycles. The summed E-state index contributed by atoms with van der Waals surface area (Å²) >= 11 is 6.11. The van der Waals surface area contributed by atoms with Crippen molar-refractivity contribution in [2.75, 3.05) is 25.5 Å². The molecule has 1 aromatic rings. The van der Waals surface area contributed by atoms with Crippen LogP contribution in [-0.4, -0.2) is 36.6 Å². The fourth-order valence-corrected chi connectivity index (χ4v) is 2.20. The molecule has 18 heavy (non-hydrogen) atoms. The largest absolute Gasteiger partial charge is 0.399 e. The topological polar surface area (TPSA) is 81.6 Å². The number of primary amides is 1. The van der Waals surface area contributed by atoms with Crippen LogP contribution in [0.15, 0.2) is 18.2 Å². The average molecular weight is 270 g/mol. The first kappa shape index (κ1) is 13.1. The van der Waals surface area contributed by atoms with Gasteiger partial charge in [-0.25, -0.2) is 0 Å². The molecule has 1 saturated heterocycles. The van der Waals surface area contributed by atoms with Crippen LogP contribution in [0.4, 0.5) is 5.69 Å². The van der Waals surface area contributed by atoms with Gasteiger partial charge in [0, 0.05) is 23.8 Å². The minimum atomic E-state index is -0.406.